The first-order valence-corrected chi connectivity index (χ1v) is 14.6. The second-order valence-corrected chi connectivity index (χ2v) is 12.6. The van der Waals surface area contributed by atoms with E-state index in [1.165, 1.54) is 23.6 Å². The number of hydrogen-bond acceptors (Lipinski definition) is 5. The Morgan fingerprint density at radius 1 is 1.07 bits per heavy atom. The molecule has 2 aliphatic rings. The summed E-state index contributed by atoms with van der Waals surface area (Å²) in [6.07, 6.45) is 8.42. The Labute approximate surface area is 181 Å². The Morgan fingerprint density at radius 2 is 1.77 bits per heavy atom. The van der Waals surface area contributed by atoms with Gasteiger partial charge < -0.3 is 0 Å². The predicted molar refractivity (Wildman–Crippen MR) is 122 cm³/mol. The van der Waals surface area contributed by atoms with Crippen molar-refractivity contribution in [1.82, 2.24) is 9.21 Å². The van der Waals surface area contributed by atoms with Crippen molar-refractivity contribution in [2.45, 2.75) is 51.5 Å². The van der Waals surface area contributed by atoms with Crippen LogP contribution in [0, 0.1) is 5.92 Å². The van der Waals surface area contributed by atoms with Crippen LogP contribution in [0.25, 0.3) is 0 Å². The fourth-order valence-electron chi connectivity index (χ4n) is 4.79. The van der Waals surface area contributed by atoms with Gasteiger partial charge in [0, 0.05) is 31.4 Å². The van der Waals surface area contributed by atoms with Gasteiger partial charge in [-0.1, -0.05) is 13.0 Å². The van der Waals surface area contributed by atoms with Crippen LogP contribution in [0.2, 0.25) is 0 Å². The lowest BCUT2D eigenvalue weighted by molar-refractivity contribution is 0.129. The van der Waals surface area contributed by atoms with Crippen molar-refractivity contribution in [3.63, 3.8) is 0 Å². The summed E-state index contributed by atoms with van der Waals surface area (Å²) in [5.74, 6) is 0.522. The predicted octanol–water partition coefficient (Wildman–Crippen LogP) is 2.30. The number of hydrogen-bond donors (Lipinski definition) is 1. The number of rotatable bonds is 8. The molecular weight excluding hydrogens is 422 g/mol. The minimum absolute atomic E-state index is 0.443. The Bertz CT molecular complexity index is 939. The van der Waals surface area contributed by atoms with Crippen LogP contribution in [0.4, 0.5) is 5.69 Å². The molecule has 1 N–H and O–H groups in total. The van der Waals surface area contributed by atoms with Crippen molar-refractivity contribution in [3.8, 4) is 0 Å². The SMILES string of the molecule is CCCN(CC1CCN(S(C)(=O)=O)CC1)C1CCc2ccc(NS(C)(=O)=O)cc2C1. The molecule has 7 nitrogen and oxygen atoms in total. The van der Waals surface area contributed by atoms with Crippen LogP contribution in [-0.4, -0.2) is 70.8 Å². The molecule has 1 heterocycles. The number of piperidine rings is 1. The topological polar surface area (TPSA) is 86.8 Å². The maximum Gasteiger partial charge on any atom is 0.229 e. The lowest BCUT2D eigenvalue weighted by atomic mass is 9.86. The lowest BCUT2D eigenvalue weighted by Crippen LogP contribution is -2.45. The fourth-order valence-corrected chi connectivity index (χ4v) is 6.22. The summed E-state index contributed by atoms with van der Waals surface area (Å²) in [5, 5.41) is 0. The maximum absolute atomic E-state index is 11.8. The molecule has 1 atom stereocenters. The summed E-state index contributed by atoms with van der Waals surface area (Å²) < 4.78 is 50.9. The Hall–Kier alpha value is -1.16. The van der Waals surface area contributed by atoms with E-state index in [2.05, 4.69) is 16.5 Å². The molecule has 9 heteroatoms. The normalized spacial score (nSPS) is 21.5. The van der Waals surface area contributed by atoms with Gasteiger partial charge in [0.05, 0.1) is 12.5 Å². The average molecular weight is 458 g/mol. The smallest absolute Gasteiger partial charge is 0.229 e. The number of anilines is 1. The Morgan fingerprint density at radius 3 is 2.37 bits per heavy atom. The third-order valence-corrected chi connectivity index (χ3v) is 8.18. The molecular formula is C21H35N3O4S2. The second-order valence-electron chi connectivity index (χ2n) is 8.85. The van der Waals surface area contributed by atoms with Crippen LogP contribution in [0.5, 0.6) is 0 Å². The van der Waals surface area contributed by atoms with E-state index < -0.39 is 20.0 Å². The average Bonchev–Trinajstić information content (AvgIpc) is 2.65. The van der Waals surface area contributed by atoms with E-state index in [9.17, 15) is 16.8 Å². The van der Waals surface area contributed by atoms with Crippen LogP contribution in [-0.2, 0) is 32.9 Å². The number of sulfonamides is 2. The van der Waals surface area contributed by atoms with Gasteiger partial charge >= 0.3 is 0 Å². The summed E-state index contributed by atoms with van der Waals surface area (Å²) >= 11 is 0. The number of aryl methyl sites for hydroxylation is 1. The quantitative estimate of drug-likeness (QED) is 0.647. The van der Waals surface area contributed by atoms with Gasteiger partial charge in [0.1, 0.15) is 0 Å². The molecule has 0 amide bonds. The van der Waals surface area contributed by atoms with Crippen LogP contribution in [0.1, 0.15) is 43.7 Å². The zero-order valence-corrected chi connectivity index (χ0v) is 19.9. The van der Waals surface area contributed by atoms with E-state index in [4.69, 9.17) is 0 Å². The molecule has 1 saturated heterocycles. The fraction of sp³-hybridized carbons (Fsp3) is 0.714. The maximum atomic E-state index is 11.8. The van der Waals surface area contributed by atoms with Gasteiger partial charge in [-0.25, -0.2) is 21.1 Å². The first-order chi connectivity index (χ1) is 14.0. The van der Waals surface area contributed by atoms with Crippen LogP contribution < -0.4 is 4.72 Å². The molecule has 1 aliphatic heterocycles. The summed E-state index contributed by atoms with van der Waals surface area (Å²) in [4.78, 5) is 2.58. The molecule has 3 rings (SSSR count). The summed E-state index contributed by atoms with van der Waals surface area (Å²) in [7, 11) is -6.37. The highest BCUT2D eigenvalue weighted by Gasteiger charge is 2.29. The molecule has 0 aromatic heterocycles. The zero-order valence-electron chi connectivity index (χ0n) is 18.3. The molecule has 1 fully saturated rings. The van der Waals surface area contributed by atoms with Crippen molar-refractivity contribution in [2.75, 3.05) is 43.4 Å². The highest BCUT2D eigenvalue weighted by molar-refractivity contribution is 7.92. The molecule has 1 unspecified atom stereocenters. The standard InChI is InChI=1S/C21H35N3O4S2/c1-4-11-23(16-17-9-12-24(13-10-17)30(3,27)28)21-8-6-18-5-7-20(14-19(18)15-21)22-29(2,25)26/h5,7,14,17,21-22H,4,6,8-13,15-16H2,1-3H3. The Kier molecular flexibility index (Phi) is 7.48. The number of nitrogens with zero attached hydrogens (tertiary/aromatic N) is 2. The molecule has 30 heavy (non-hydrogen) atoms. The zero-order chi connectivity index (χ0) is 21.9. The monoisotopic (exact) mass is 457 g/mol. The van der Waals surface area contributed by atoms with Gasteiger partial charge in [-0.05, 0) is 74.2 Å². The first-order valence-electron chi connectivity index (χ1n) is 10.8. The second kappa shape index (κ2) is 9.54. The summed E-state index contributed by atoms with van der Waals surface area (Å²) in [5.41, 5.74) is 3.17. The molecule has 1 aromatic rings. The van der Waals surface area contributed by atoms with Crippen molar-refractivity contribution < 1.29 is 16.8 Å². The first kappa shape index (κ1) is 23.5. The molecule has 1 aromatic carbocycles. The molecule has 1 aliphatic carbocycles. The molecule has 0 radical (unpaired) electrons. The van der Waals surface area contributed by atoms with E-state index >= 15 is 0 Å². The van der Waals surface area contributed by atoms with Gasteiger partial charge in [0.2, 0.25) is 20.0 Å². The van der Waals surface area contributed by atoms with Gasteiger partial charge in [0.15, 0.2) is 0 Å². The van der Waals surface area contributed by atoms with Gasteiger partial charge in [-0.2, -0.15) is 0 Å². The van der Waals surface area contributed by atoms with E-state index in [-0.39, 0.29) is 0 Å². The van der Waals surface area contributed by atoms with E-state index in [0.29, 0.717) is 30.7 Å². The minimum atomic E-state index is -3.28. The van der Waals surface area contributed by atoms with Crippen molar-refractivity contribution in [1.29, 1.82) is 0 Å². The van der Waals surface area contributed by atoms with Gasteiger partial charge in [-0.3, -0.25) is 9.62 Å². The van der Waals surface area contributed by atoms with Crippen LogP contribution >= 0.6 is 0 Å². The molecule has 0 bridgehead atoms. The lowest BCUT2D eigenvalue weighted by Gasteiger charge is -2.39. The minimum Gasteiger partial charge on any atom is -0.300 e. The van der Waals surface area contributed by atoms with Crippen LogP contribution in [0.3, 0.4) is 0 Å². The number of benzene rings is 1. The number of nitrogens with one attached hydrogen (secondary N) is 1. The highest BCUT2D eigenvalue weighted by atomic mass is 32.2. The van der Waals surface area contributed by atoms with Crippen molar-refractivity contribution in [2.24, 2.45) is 5.92 Å². The van der Waals surface area contributed by atoms with Crippen molar-refractivity contribution in [3.05, 3.63) is 29.3 Å². The largest absolute Gasteiger partial charge is 0.300 e. The third kappa shape index (κ3) is 6.42. The van der Waals surface area contributed by atoms with E-state index in [0.717, 1.165) is 51.6 Å². The molecule has 0 spiro atoms. The summed E-state index contributed by atoms with van der Waals surface area (Å²) in [6, 6.07) is 6.32. The highest BCUT2D eigenvalue weighted by Crippen LogP contribution is 2.29. The Balaban J connectivity index is 1.65. The third-order valence-electron chi connectivity index (χ3n) is 6.27. The molecule has 170 valence electrons. The van der Waals surface area contributed by atoms with Gasteiger partial charge in [0.25, 0.3) is 0 Å². The summed E-state index contributed by atoms with van der Waals surface area (Å²) in [6.45, 7) is 5.49. The molecule has 0 saturated carbocycles. The van der Waals surface area contributed by atoms with Crippen LogP contribution in [0.15, 0.2) is 18.2 Å². The van der Waals surface area contributed by atoms with Gasteiger partial charge in [-0.15, -0.1) is 0 Å². The number of fused-ring (bicyclic) bond motifs is 1. The van der Waals surface area contributed by atoms with E-state index in [1.54, 1.807) is 4.31 Å². The van der Waals surface area contributed by atoms with E-state index in [1.807, 2.05) is 18.2 Å². The van der Waals surface area contributed by atoms with Crippen molar-refractivity contribution >= 4 is 25.7 Å².